The molecular weight excluding hydrogens is 386 g/mol. The van der Waals surface area contributed by atoms with Gasteiger partial charge in [0.15, 0.2) is 4.67 Å². The smallest absolute Gasteiger partial charge is 0.257 e. The van der Waals surface area contributed by atoms with Crippen molar-refractivity contribution in [2.45, 2.75) is 26.7 Å². The molecule has 0 radical (unpaired) electrons. The molecule has 0 bridgehead atoms. The zero-order valence-corrected chi connectivity index (χ0v) is 17.1. The molecule has 2 amide bonds. The van der Waals surface area contributed by atoms with E-state index in [1.807, 2.05) is 14.1 Å². The number of hydrogen-bond donors (Lipinski definition) is 1. The Kier molecular flexibility index (Phi) is 6.68. The topological polar surface area (TPSA) is 65.8 Å². The van der Waals surface area contributed by atoms with Gasteiger partial charge in [0.1, 0.15) is 6.26 Å². The second-order valence-corrected chi connectivity index (χ2v) is 8.61. The maximum absolute atomic E-state index is 12.4. The van der Waals surface area contributed by atoms with Gasteiger partial charge in [-0.25, -0.2) is 0 Å². The predicted octanol–water partition coefficient (Wildman–Crippen LogP) is 2.60. The molecule has 6 nitrogen and oxygen atoms in total. The van der Waals surface area contributed by atoms with Gasteiger partial charge in [-0.2, -0.15) is 0 Å². The van der Waals surface area contributed by atoms with Gasteiger partial charge in [-0.15, -0.1) is 0 Å². The molecule has 1 fully saturated rings. The monoisotopic (exact) mass is 413 g/mol. The molecule has 1 aromatic rings. The van der Waals surface area contributed by atoms with Crippen LogP contribution in [-0.4, -0.2) is 61.9 Å². The van der Waals surface area contributed by atoms with Crippen molar-refractivity contribution in [2.24, 2.45) is 11.3 Å². The van der Waals surface area contributed by atoms with Crippen molar-refractivity contribution in [1.29, 1.82) is 0 Å². The molecule has 0 spiro atoms. The van der Waals surface area contributed by atoms with E-state index in [1.54, 1.807) is 11.0 Å². The lowest BCUT2D eigenvalue weighted by Gasteiger charge is -2.33. The summed E-state index contributed by atoms with van der Waals surface area (Å²) >= 11 is 3.21. The van der Waals surface area contributed by atoms with Gasteiger partial charge >= 0.3 is 0 Å². The average Bonchev–Trinajstić information content (AvgIpc) is 2.97. The van der Waals surface area contributed by atoms with Crippen LogP contribution in [0.25, 0.3) is 0 Å². The first-order chi connectivity index (χ1) is 11.7. The Morgan fingerprint density at radius 1 is 1.36 bits per heavy atom. The first kappa shape index (κ1) is 20.0. The molecular formula is C18H28BrN3O3. The van der Waals surface area contributed by atoms with Gasteiger partial charge in [-0.1, -0.05) is 13.8 Å². The van der Waals surface area contributed by atoms with Gasteiger partial charge in [0.2, 0.25) is 5.91 Å². The van der Waals surface area contributed by atoms with Gasteiger partial charge < -0.3 is 19.5 Å². The third-order valence-electron chi connectivity index (χ3n) is 4.45. The van der Waals surface area contributed by atoms with Crippen LogP contribution in [0.4, 0.5) is 0 Å². The van der Waals surface area contributed by atoms with Crippen LogP contribution in [0.3, 0.4) is 0 Å². The Bertz CT molecular complexity index is 604. The number of furan rings is 1. The van der Waals surface area contributed by atoms with E-state index in [1.165, 1.54) is 6.26 Å². The van der Waals surface area contributed by atoms with Crippen LogP contribution in [0.2, 0.25) is 0 Å². The van der Waals surface area contributed by atoms with Crippen molar-refractivity contribution in [2.75, 3.05) is 40.3 Å². The van der Waals surface area contributed by atoms with Crippen LogP contribution < -0.4 is 5.32 Å². The fourth-order valence-corrected chi connectivity index (χ4v) is 3.67. The normalized spacial score (nSPS) is 16.3. The molecule has 0 saturated carbocycles. The Morgan fingerprint density at radius 3 is 2.52 bits per heavy atom. The summed E-state index contributed by atoms with van der Waals surface area (Å²) in [6, 6.07) is 1.67. The molecule has 1 aromatic heterocycles. The molecule has 0 aromatic carbocycles. The van der Waals surface area contributed by atoms with E-state index in [-0.39, 0.29) is 23.1 Å². The SMILES string of the molecule is CN(C)CC(C)(C)CNC(=O)C1CCN(C(=O)c2coc(Br)c2)CC1. The summed E-state index contributed by atoms with van der Waals surface area (Å²) in [6.45, 7) is 7.07. The van der Waals surface area contributed by atoms with Crippen molar-refractivity contribution in [1.82, 2.24) is 15.1 Å². The third-order valence-corrected chi connectivity index (χ3v) is 4.87. The van der Waals surface area contributed by atoms with Crippen LogP contribution in [0.1, 0.15) is 37.0 Å². The van der Waals surface area contributed by atoms with E-state index < -0.39 is 0 Å². The molecule has 0 aliphatic carbocycles. The van der Waals surface area contributed by atoms with Crippen LogP contribution in [0.5, 0.6) is 0 Å². The molecule has 0 unspecified atom stereocenters. The maximum atomic E-state index is 12.4. The fourth-order valence-electron chi connectivity index (χ4n) is 3.33. The summed E-state index contributed by atoms with van der Waals surface area (Å²) in [7, 11) is 4.07. The number of nitrogens with zero attached hydrogens (tertiary/aromatic N) is 2. The van der Waals surface area contributed by atoms with Gasteiger partial charge in [0.25, 0.3) is 5.91 Å². The van der Waals surface area contributed by atoms with Gasteiger partial charge in [-0.3, -0.25) is 9.59 Å². The largest absolute Gasteiger partial charge is 0.457 e. The van der Waals surface area contributed by atoms with E-state index in [2.05, 4.69) is 40.0 Å². The molecule has 1 aliphatic rings. The van der Waals surface area contributed by atoms with Crippen molar-refractivity contribution < 1.29 is 14.0 Å². The van der Waals surface area contributed by atoms with E-state index >= 15 is 0 Å². The standard InChI is InChI=1S/C18H28BrN3O3/c1-18(2,12-21(3)4)11-20-16(23)13-5-7-22(8-6-13)17(24)14-9-15(19)25-10-14/h9-10,13H,5-8,11-12H2,1-4H3,(H,20,23). The molecule has 1 saturated heterocycles. The molecule has 1 aliphatic heterocycles. The Balaban J connectivity index is 1.79. The minimum atomic E-state index is -0.0413. The fraction of sp³-hybridized carbons (Fsp3) is 0.667. The molecule has 25 heavy (non-hydrogen) atoms. The first-order valence-electron chi connectivity index (χ1n) is 8.64. The molecule has 7 heteroatoms. The molecule has 1 N–H and O–H groups in total. The summed E-state index contributed by atoms with van der Waals surface area (Å²) < 4.78 is 5.68. The lowest BCUT2D eigenvalue weighted by atomic mass is 9.91. The number of halogens is 1. The number of hydrogen-bond acceptors (Lipinski definition) is 4. The van der Waals surface area contributed by atoms with Gasteiger partial charge in [0.05, 0.1) is 5.56 Å². The second-order valence-electron chi connectivity index (χ2n) is 7.83. The quantitative estimate of drug-likeness (QED) is 0.777. The number of carbonyl (C=O) groups excluding carboxylic acids is 2. The summed E-state index contributed by atoms with van der Waals surface area (Å²) in [5.41, 5.74) is 0.574. The lowest BCUT2D eigenvalue weighted by Crippen LogP contribution is -2.46. The molecule has 2 rings (SSSR count). The maximum Gasteiger partial charge on any atom is 0.257 e. The number of likely N-dealkylation sites (tertiary alicyclic amines) is 1. The minimum Gasteiger partial charge on any atom is -0.457 e. The Labute approximate surface area is 158 Å². The van der Waals surface area contributed by atoms with Crippen molar-refractivity contribution in [3.63, 3.8) is 0 Å². The van der Waals surface area contributed by atoms with Gasteiger partial charge in [0, 0.05) is 38.2 Å². The highest BCUT2D eigenvalue weighted by atomic mass is 79.9. The van der Waals surface area contributed by atoms with E-state index in [9.17, 15) is 9.59 Å². The first-order valence-corrected chi connectivity index (χ1v) is 9.43. The molecule has 0 atom stereocenters. The highest BCUT2D eigenvalue weighted by Crippen LogP contribution is 2.22. The summed E-state index contributed by atoms with van der Waals surface area (Å²) in [5, 5.41) is 3.09. The van der Waals surface area contributed by atoms with Crippen LogP contribution in [0, 0.1) is 11.3 Å². The zero-order valence-electron chi connectivity index (χ0n) is 15.5. The van der Waals surface area contributed by atoms with Crippen molar-refractivity contribution in [3.8, 4) is 0 Å². The zero-order chi connectivity index (χ0) is 18.6. The highest BCUT2D eigenvalue weighted by molar-refractivity contribution is 9.10. The van der Waals surface area contributed by atoms with Gasteiger partial charge in [-0.05, 0) is 48.3 Å². The van der Waals surface area contributed by atoms with Crippen molar-refractivity contribution >= 4 is 27.7 Å². The number of piperidine rings is 1. The molecule has 2 heterocycles. The van der Waals surface area contributed by atoms with E-state index in [0.717, 1.165) is 6.54 Å². The van der Waals surface area contributed by atoms with Crippen LogP contribution in [-0.2, 0) is 4.79 Å². The number of nitrogens with one attached hydrogen (secondary N) is 1. The minimum absolute atomic E-state index is 0.0182. The van der Waals surface area contributed by atoms with Crippen molar-refractivity contribution in [3.05, 3.63) is 22.6 Å². The Hall–Kier alpha value is -1.34. The van der Waals surface area contributed by atoms with E-state index in [4.69, 9.17) is 4.42 Å². The number of carbonyl (C=O) groups is 2. The average molecular weight is 414 g/mol. The number of amides is 2. The van der Waals surface area contributed by atoms with E-state index in [0.29, 0.717) is 42.7 Å². The molecule has 140 valence electrons. The second kappa shape index (κ2) is 8.36. The lowest BCUT2D eigenvalue weighted by molar-refractivity contribution is -0.126. The predicted molar refractivity (Wildman–Crippen MR) is 100 cm³/mol. The Morgan fingerprint density at radius 2 is 2.00 bits per heavy atom. The summed E-state index contributed by atoms with van der Waals surface area (Å²) in [6.07, 6.45) is 2.85. The van der Waals surface area contributed by atoms with Crippen LogP contribution >= 0.6 is 15.9 Å². The van der Waals surface area contributed by atoms with Crippen LogP contribution in [0.15, 0.2) is 21.4 Å². The highest BCUT2D eigenvalue weighted by Gasteiger charge is 2.29. The summed E-state index contributed by atoms with van der Waals surface area (Å²) in [5.74, 6) is 0.0423. The summed E-state index contributed by atoms with van der Waals surface area (Å²) in [4.78, 5) is 28.7. The number of rotatable bonds is 6. The third kappa shape index (κ3) is 5.85.